The van der Waals surface area contributed by atoms with Crippen LogP contribution < -0.4 is 15.4 Å². The van der Waals surface area contributed by atoms with Crippen molar-refractivity contribution >= 4 is 33.7 Å². The Morgan fingerprint density at radius 1 is 0.927 bits per heavy atom. The maximum Gasteiger partial charge on any atom is 0.255 e. The molecule has 2 aliphatic rings. The Morgan fingerprint density at radius 3 is 2.27 bits per heavy atom. The van der Waals surface area contributed by atoms with E-state index in [0.29, 0.717) is 0 Å². The molecule has 12 nitrogen and oxygen atoms in total. The van der Waals surface area contributed by atoms with E-state index >= 15 is 0 Å². The molecule has 0 spiro atoms. The van der Waals surface area contributed by atoms with Crippen LogP contribution in [0.5, 0.6) is 5.75 Å². The Labute approximate surface area is 239 Å². The SMILES string of the molecule is CN1CCOc2ccccc2C(=O)N[C@H](C(=O)N2CCN(S(C)(=O)=O)CC2)CC(=O)N[C@@H](Cc2ccccc2)C1=O. The highest BCUT2D eigenvalue weighted by Crippen LogP contribution is 2.19. The Bertz CT molecular complexity index is 1380. The standard InChI is InChI=1S/C28H35N5O7S/c1-31-16-17-40-24-11-7-6-10-21(24)26(35)30-23(28(37)32-12-14-33(15-13-32)41(2,38)39)19-25(34)29-22(27(31)36)18-20-8-4-3-5-9-20/h3-11,22-23H,12-19H2,1-2H3,(H,29,34)(H,30,35)/t22-,23-/m0/s1. The molecular formula is C28H35N5O7S. The number of hydrogen-bond acceptors (Lipinski definition) is 7. The van der Waals surface area contributed by atoms with Crippen molar-refractivity contribution in [2.75, 3.05) is 52.6 Å². The first-order valence-corrected chi connectivity index (χ1v) is 15.2. The first kappa shape index (κ1) is 30.0. The Balaban J connectivity index is 1.61. The molecule has 2 heterocycles. The van der Waals surface area contributed by atoms with Crippen molar-refractivity contribution in [2.45, 2.75) is 24.9 Å². The Morgan fingerprint density at radius 2 is 1.59 bits per heavy atom. The smallest absolute Gasteiger partial charge is 0.255 e. The van der Waals surface area contributed by atoms with Gasteiger partial charge in [-0.3, -0.25) is 19.2 Å². The average Bonchev–Trinajstić information content (AvgIpc) is 2.95. The highest BCUT2D eigenvalue weighted by molar-refractivity contribution is 7.88. The quantitative estimate of drug-likeness (QED) is 0.508. The van der Waals surface area contributed by atoms with Crippen LogP contribution in [0.2, 0.25) is 0 Å². The van der Waals surface area contributed by atoms with Gasteiger partial charge in [0.05, 0.1) is 24.8 Å². The van der Waals surface area contributed by atoms with Gasteiger partial charge in [-0.05, 0) is 17.7 Å². The van der Waals surface area contributed by atoms with Crippen molar-refractivity contribution in [1.29, 1.82) is 0 Å². The maximum absolute atomic E-state index is 13.6. The molecule has 41 heavy (non-hydrogen) atoms. The van der Waals surface area contributed by atoms with Crippen molar-refractivity contribution in [1.82, 2.24) is 24.7 Å². The van der Waals surface area contributed by atoms with Gasteiger partial charge in [-0.15, -0.1) is 0 Å². The molecule has 2 atom stereocenters. The lowest BCUT2D eigenvalue weighted by Crippen LogP contribution is -2.57. The van der Waals surface area contributed by atoms with Crippen LogP contribution in [0.3, 0.4) is 0 Å². The number of carbonyl (C=O) groups excluding carboxylic acids is 4. The number of piperazine rings is 1. The van der Waals surface area contributed by atoms with E-state index in [9.17, 15) is 27.6 Å². The number of nitrogens with zero attached hydrogens (tertiary/aromatic N) is 3. The zero-order valence-electron chi connectivity index (χ0n) is 23.1. The summed E-state index contributed by atoms with van der Waals surface area (Å²) in [6.07, 6.45) is 0.927. The highest BCUT2D eigenvalue weighted by Gasteiger charge is 2.34. The van der Waals surface area contributed by atoms with Gasteiger partial charge >= 0.3 is 0 Å². The molecule has 0 saturated carbocycles. The van der Waals surface area contributed by atoms with Crippen LogP contribution in [-0.4, -0.2) is 111 Å². The number of amides is 4. The number of hydrogen-bond donors (Lipinski definition) is 2. The second kappa shape index (κ2) is 13.1. The van der Waals surface area contributed by atoms with Crippen molar-refractivity contribution in [3.05, 3.63) is 65.7 Å². The molecule has 1 saturated heterocycles. The monoisotopic (exact) mass is 585 g/mol. The molecule has 1 fully saturated rings. The Hall–Kier alpha value is -3.97. The van der Waals surface area contributed by atoms with Crippen LogP contribution >= 0.6 is 0 Å². The summed E-state index contributed by atoms with van der Waals surface area (Å²) in [5.74, 6) is -1.73. The van der Waals surface area contributed by atoms with Crippen molar-refractivity contribution in [3.8, 4) is 5.75 Å². The summed E-state index contributed by atoms with van der Waals surface area (Å²) in [7, 11) is -1.80. The van der Waals surface area contributed by atoms with Gasteiger partial charge in [0.2, 0.25) is 27.7 Å². The van der Waals surface area contributed by atoms with Gasteiger partial charge in [-0.2, -0.15) is 4.31 Å². The Kier molecular flexibility index (Phi) is 9.61. The number of likely N-dealkylation sites (N-methyl/N-ethyl adjacent to an activating group) is 1. The number of nitrogens with one attached hydrogen (secondary N) is 2. The van der Waals surface area contributed by atoms with Crippen LogP contribution in [0.15, 0.2) is 54.6 Å². The number of ether oxygens (including phenoxy) is 1. The van der Waals surface area contributed by atoms with Gasteiger partial charge in [0, 0.05) is 39.6 Å². The van der Waals surface area contributed by atoms with Crippen molar-refractivity contribution in [2.24, 2.45) is 0 Å². The molecule has 4 rings (SSSR count). The minimum atomic E-state index is -3.41. The second-order valence-electron chi connectivity index (χ2n) is 10.1. The van der Waals surface area contributed by atoms with E-state index in [1.165, 1.54) is 14.1 Å². The van der Waals surface area contributed by atoms with E-state index < -0.39 is 46.2 Å². The molecule has 220 valence electrons. The molecule has 0 bridgehead atoms. The van der Waals surface area contributed by atoms with Crippen LogP contribution in [0.25, 0.3) is 0 Å². The summed E-state index contributed by atoms with van der Waals surface area (Å²) in [5, 5.41) is 5.45. The lowest BCUT2D eigenvalue weighted by Gasteiger charge is -2.35. The first-order valence-electron chi connectivity index (χ1n) is 13.4. The molecule has 2 aromatic rings. The number of fused-ring (bicyclic) bond motifs is 1. The molecule has 2 aliphatic heterocycles. The highest BCUT2D eigenvalue weighted by atomic mass is 32.2. The van der Waals surface area contributed by atoms with Gasteiger partial charge in [-0.1, -0.05) is 42.5 Å². The first-order chi connectivity index (χ1) is 19.5. The third-order valence-corrected chi connectivity index (χ3v) is 8.42. The van der Waals surface area contributed by atoms with Crippen LogP contribution in [0.4, 0.5) is 0 Å². The molecule has 0 aliphatic carbocycles. The summed E-state index contributed by atoms with van der Waals surface area (Å²) in [6.45, 7) is 0.753. The molecule has 2 aromatic carbocycles. The van der Waals surface area contributed by atoms with E-state index in [1.807, 2.05) is 30.3 Å². The van der Waals surface area contributed by atoms with Gasteiger partial charge in [-0.25, -0.2) is 8.42 Å². The predicted octanol–water partition coefficient (Wildman–Crippen LogP) is -0.143. The fourth-order valence-electron chi connectivity index (χ4n) is 4.83. The minimum Gasteiger partial charge on any atom is -0.491 e. The number of rotatable bonds is 4. The average molecular weight is 586 g/mol. The number of sulfonamides is 1. The number of carbonyl (C=O) groups is 4. The maximum atomic E-state index is 13.6. The van der Waals surface area contributed by atoms with Crippen LogP contribution in [-0.2, 0) is 30.8 Å². The third kappa shape index (κ3) is 7.82. The van der Waals surface area contributed by atoms with Gasteiger partial charge in [0.25, 0.3) is 5.91 Å². The summed E-state index contributed by atoms with van der Waals surface area (Å²) >= 11 is 0. The lowest BCUT2D eigenvalue weighted by molar-refractivity contribution is -0.138. The van der Waals surface area contributed by atoms with Gasteiger partial charge < -0.3 is 25.2 Å². The summed E-state index contributed by atoms with van der Waals surface area (Å²) < 4.78 is 31.0. The van der Waals surface area contributed by atoms with E-state index in [2.05, 4.69) is 10.6 Å². The van der Waals surface area contributed by atoms with E-state index in [-0.39, 0.29) is 63.0 Å². The normalized spacial score (nSPS) is 21.7. The van der Waals surface area contributed by atoms with E-state index in [1.54, 1.807) is 31.3 Å². The summed E-state index contributed by atoms with van der Waals surface area (Å²) in [4.78, 5) is 56.6. The number of benzene rings is 2. The topological polar surface area (TPSA) is 145 Å². The molecular weight excluding hydrogens is 550 g/mol. The fraction of sp³-hybridized carbons (Fsp3) is 0.429. The lowest BCUT2D eigenvalue weighted by atomic mass is 10.0. The van der Waals surface area contributed by atoms with Crippen LogP contribution in [0.1, 0.15) is 22.3 Å². The van der Waals surface area contributed by atoms with Crippen LogP contribution in [0, 0.1) is 0 Å². The molecule has 0 aromatic heterocycles. The second-order valence-corrected chi connectivity index (χ2v) is 12.1. The van der Waals surface area contributed by atoms with Gasteiger partial charge in [0.15, 0.2) is 0 Å². The summed E-state index contributed by atoms with van der Waals surface area (Å²) in [6, 6.07) is 13.6. The molecule has 2 N–H and O–H groups in total. The predicted molar refractivity (Wildman–Crippen MR) is 151 cm³/mol. The molecule has 4 amide bonds. The molecule has 0 radical (unpaired) electrons. The molecule has 0 unspecified atom stereocenters. The van der Waals surface area contributed by atoms with Crippen molar-refractivity contribution in [3.63, 3.8) is 0 Å². The van der Waals surface area contributed by atoms with E-state index in [0.717, 1.165) is 11.8 Å². The largest absolute Gasteiger partial charge is 0.491 e. The van der Waals surface area contributed by atoms with Crippen molar-refractivity contribution < 1.29 is 32.3 Å². The summed E-state index contributed by atoms with van der Waals surface area (Å²) in [5.41, 5.74) is 1.02. The fourth-order valence-corrected chi connectivity index (χ4v) is 5.66. The van der Waals surface area contributed by atoms with Gasteiger partial charge in [0.1, 0.15) is 24.4 Å². The van der Waals surface area contributed by atoms with E-state index in [4.69, 9.17) is 4.74 Å². The number of para-hydroxylation sites is 1. The molecule has 13 heteroatoms. The third-order valence-electron chi connectivity index (χ3n) is 7.12. The minimum absolute atomic E-state index is 0.103. The zero-order valence-corrected chi connectivity index (χ0v) is 23.9. The zero-order chi connectivity index (χ0) is 29.6.